The highest BCUT2D eigenvalue weighted by atomic mass is 19.4. The quantitative estimate of drug-likeness (QED) is 0.557. The molecule has 8 heteroatoms. The Morgan fingerprint density at radius 3 is 2.62 bits per heavy atom. The van der Waals surface area contributed by atoms with Crippen molar-refractivity contribution in [2.75, 3.05) is 5.73 Å². The molecule has 0 spiro atoms. The van der Waals surface area contributed by atoms with Gasteiger partial charge in [-0.2, -0.15) is 18.3 Å². The minimum absolute atomic E-state index is 0.227. The normalized spacial score (nSPS) is 12.1. The molecule has 0 radical (unpaired) electrons. The number of fused-ring (bicyclic) bond motifs is 2. The van der Waals surface area contributed by atoms with Gasteiger partial charge in [0, 0.05) is 28.7 Å². The average Bonchev–Trinajstić information content (AvgIpc) is 3.03. The molecular weight excluding hydrogens is 319 g/mol. The molecule has 0 saturated heterocycles. The molecule has 4 aromatic rings. The number of aromatic nitrogens is 4. The third-order valence-corrected chi connectivity index (χ3v) is 3.85. The van der Waals surface area contributed by atoms with Crippen molar-refractivity contribution in [3.63, 3.8) is 0 Å². The topological polar surface area (TPSA) is 80.5 Å². The van der Waals surface area contributed by atoms with Crippen LogP contribution in [-0.2, 0) is 6.18 Å². The van der Waals surface area contributed by atoms with Crippen molar-refractivity contribution in [2.45, 2.75) is 6.18 Å². The number of nitrogens with two attached hydrogens (primary N) is 1. The number of pyridine rings is 2. The number of benzene rings is 1. The smallest absolute Gasteiger partial charge is 0.382 e. The summed E-state index contributed by atoms with van der Waals surface area (Å²) in [6.07, 6.45) is 0.0394. The molecule has 3 heterocycles. The van der Waals surface area contributed by atoms with Crippen LogP contribution in [0.1, 0.15) is 5.56 Å². The Morgan fingerprint density at radius 2 is 1.83 bits per heavy atom. The molecule has 1 aromatic carbocycles. The Kier molecular flexibility index (Phi) is 2.96. The van der Waals surface area contributed by atoms with Crippen molar-refractivity contribution < 1.29 is 13.2 Å². The highest BCUT2D eigenvalue weighted by Crippen LogP contribution is 2.38. The van der Waals surface area contributed by atoms with Crippen molar-refractivity contribution in [3.8, 4) is 11.1 Å². The van der Waals surface area contributed by atoms with Gasteiger partial charge in [-0.15, -0.1) is 0 Å². The summed E-state index contributed by atoms with van der Waals surface area (Å²) >= 11 is 0. The molecule has 4 rings (SSSR count). The lowest BCUT2D eigenvalue weighted by Crippen LogP contribution is -2.05. The van der Waals surface area contributed by atoms with Gasteiger partial charge in [-0.3, -0.25) is 10.1 Å². The minimum Gasteiger partial charge on any atom is -0.382 e. The van der Waals surface area contributed by atoms with Crippen LogP contribution in [0.25, 0.3) is 32.9 Å². The van der Waals surface area contributed by atoms with E-state index >= 15 is 0 Å². The van der Waals surface area contributed by atoms with Gasteiger partial charge >= 0.3 is 6.18 Å². The van der Waals surface area contributed by atoms with Crippen molar-refractivity contribution in [3.05, 3.63) is 48.4 Å². The number of hydrogen-bond acceptors (Lipinski definition) is 4. The molecule has 24 heavy (non-hydrogen) atoms. The van der Waals surface area contributed by atoms with E-state index in [0.29, 0.717) is 32.9 Å². The molecule has 0 aliphatic rings. The third kappa shape index (κ3) is 2.15. The summed E-state index contributed by atoms with van der Waals surface area (Å²) in [6.45, 7) is 0. The summed E-state index contributed by atoms with van der Waals surface area (Å²) in [5.74, 6) is 0.227. The van der Waals surface area contributed by atoms with Crippen LogP contribution in [0.5, 0.6) is 0 Å². The van der Waals surface area contributed by atoms with E-state index in [0.717, 1.165) is 12.1 Å². The number of anilines is 1. The Bertz CT molecular complexity index is 1070. The molecule has 0 aliphatic heterocycles. The molecule has 0 fully saturated rings. The van der Waals surface area contributed by atoms with Crippen LogP contribution >= 0.6 is 0 Å². The van der Waals surface area contributed by atoms with Gasteiger partial charge < -0.3 is 5.73 Å². The first-order chi connectivity index (χ1) is 11.4. The Labute approximate surface area is 133 Å². The van der Waals surface area contributed by atoms with Crippen LogP contribution in [0.3, 0.4) is 0 Å². The average molecular weight is 329 g/mol. The number of nitrogens with one attached hydrogen (secondary N) is 1. The largest absolute Gasteiger partial charge is 0.416 e. The zero-order valence-corrected chi connectivity index (χ0v) is 12.1. The first-order valence-electron chi connectivity index (χ1n) is 6.99. The number of H-pyrrole nitrogens is 1. The van der Waals surface area contributed by atoms with Gasteiger partial charge in [0.15, 0.2) is 0 Å². The molecule has 0 unspecified atom stereocenters. The predicted octanol–water partition coefficient (Wildman–Crippen LogP) is 3.77. The first-order valence-corrected chi connectivity index (χ1v) is 6.99. The van der Waals surface area contributed by atoms with Crippen molar-refractivity contribution in [1.82, 2.24) is 20.2 Å². The number of halogens is 3. The summed E-state index contributed by atoms with van der Waals surface area (Å²) in [4.78, 5) is 8.24. The van der Waals surface area contributed by atoms with Gasteiger partial charge in [-0.05, 0) is 23.8 Å². The predicted molar refractivity (Wildman–Crippen MR) is 84.0 cm³/mol. The van der Waals surface area contributed by atoms with Crippen LogP contribution in [0, 0.1) is 0 Å². The molecular formula is C16H10F3N5. The SMILES string of the molecule is Nc1ncc(-c2cc(C(F)(F)F)cc3[nH]ncc23)c2cccnc12. The maximum absolute atomic E-state index is 13.2. The van der Waals surface area contributed by atoms with E-state index < -0.39 is 11.7 Å². The summed E-state index contributed by atoms with van der Waals surface area (Å²) in [6, 6.07) is 5.59. The van der Waals surface area contributed by atoms with Crippen molar-refractivity contribution in [1.29, 1.82) is 0 Å². The van der Waals surface area contributed by atoms with Crippen LogP contribution < -0.4 is 5.73 Å². The van der Waals surface area contributed by atoms with Crippen LogP contribution in [0.4, 0.5) is 19.0 Å². The second-order valence-corrected chi connectivity index (χ2v) is 5.31. The standard InChI is InChI=1S/C16H10F3N5/c17-16(18,19)8-4-10(12-7-23-24-13(12)5-8)11-6-22-15(20)14-9(11)2-1-3-21-14/h1-7H,(H2,20,22)(H,23,24). The molecule has 5 nitrogen and oxygen atoms in total. The number of nitrogen functional groups attached to an aromatic ring is 1. The highest BCUT2D eigenvalue weighted by Gasteiger charge is 2.32. The van der Waals surface area contributed by atoms with Crippen LogP contribution in [0.15, 0.2) is 42.9 Å². The molecule has 3 aromatic heterocycles. The fraction of sp³-hybridized carbons (Fsp3) is 0.0625. The molecule has 0 amide bonds. The molecule has 3 N–H and O–H groups in total. The Hall–Kier alpha value is -3.16. The van der Waals surface area contributed by atoms with E-state index in [-0.39, 0.29) is 5.82 Å². The fourth-order valence-electron chi connectivity index (χ4n) is 2.74. The zero-order valence-electron chi connectivity index (χ0n) is 12.1. The molecule has 0 aliphatic carbocycles. The van der Waals surface area contributed by atoms with Gasteiger partial charge in [0.25, 0.3) is 0 Å². The second-order valence-electron chi connectivity index (χ2n) is 5.31. The molecule has 120 valence electrons. The number of hydrogen-bond donors (Lipinski definition) is 2. The summed E-state index contributed by atoms with van der Waals surface area (Å²) < 4.78 is 39.6. The van der Waals surface area contributed by atoms with E-state index in [1.807, 2.05) is 0 Å². The van der Waals surface area contributed by atoms with Gasteiger partial charge in [0.2, 0.25) is 0 Å². The summed E-state index contributed by atoms with van der Waals surface area (Å²) in [5.41, 5.74) is 6.70. The Morgan fingerprint density at radius 1 is 1.00 bits per heavy atom. The van der Waals surface area contributed by atoms with Gasteiger partial charge in [-0.1, -0.05) is 6.07 Å². The van der Waals surface area contributed by atoms with E-state index in [1.165, 1.54) is 12.4 Å². The van der Waals surface area contributed by atoms with Gasteiger partial charge in [0.05, 0.1) is 17.3 Å². The molecule has 0 atom stereocenters. The lowest BCUT2D eigenvalue weighted by atomic mass is 9.97. The summed E-state index contributed by atoms with van der Waals surface area (Å²) in [5, 5.41) is 7.65. The van der Waals surface area contributed by atoms with Crippen LogP contribution in [-0.4, -0.2) is 20.2 Å². The number of aromatic amines is 1. The minimum atomic E-state index is -4.47. The maximum atomic E-state index is 13.2. The van der Waals surface area contributed by atoms with Crippen molar-refractivity contribution in [2.24, 2.45) is 0 Å². The van der Waals surface area contributed by atoms with Crippen LogP contribution in [0.2, 0.25) is 0 Å². The third-order valence-electron chi connectivity index (χ3n) is 3.85. The van der Waals surface area contributed by atoms with E-state index in [4.69, 9.17) is 5.73 Å². The molecule has 0 saturated carbocycles. The van der Waals surface area contributed by atoms with E-state index in [2.05, 4.69) is 20.2 Å². The number of alkyl halides is 3. The van der Waals surface area contributed by atoms with Crippen molar-refractivity contribution >= 4 is 27.6 Å². The number of nitrogens with zero attached hydrogens (tertiary/aromatic N) is 3. The maximum Gasteiger partial charge on any atom is 0.416 e. The second kappa shape index (κ2) is 4.92. The Balaban J connectivity index is 2.11. The lowest BCUT2D eigenvalue weighted by Gasteiger charge is -2.12. The summed E-state index contributed by atoms with van der Waals surface area (Å²) in [7, 11) is 0. The molecule has 0 bridgehead atoms. The fourth-order valence-corrected chi connectivity index (χ4v) is 2.74. The zero-order chi connectivity index (χ0) is 16.9. The number of rotatable bonds is 1. The van der Waals surface area contributed by atoms with Gasteiger partial charge in [-0.25, -0.2) is 4.98 Å². The van der Waals surface area contributed by atoms with E-state index in [1.54, 1.807) is 18.3 Å². The first kappa shape index (κ1) is 14.4. The van der Waals surface area contributed by atoms with E-state index in [9.17, 15) is 13.2 Å². The monoisotopic (exact) mass is 329 g/mol. The highest BCUT2D eigenvalue weighted by molar-refractivity contribution is 6.05. The lowest BCUT2D eigenvalue weighted by molar-refractivity contribution is -0.137. The van der Waals surface area contributed by atoms with Gasteiger partial charge in [0.1, 0.15) is 11.3 Å².